The van der Waals surface area contributed by atoms with Crippen LogP contribution in [0.2, 0.25) is 0 Å². The summed E-state index contributed by atoms with van der Waals surface area (Å²) in [6.07, 6.45) is 9.40. The Balaban J connectivity index is 1.34. The number of nitrogens with zero attached hydrogens (tertiary/aromatic N) is 5. The normalized spacial score (nSPS) is 21.4. The maximum Gasteiger partial charge on any atom is 0.410 e. The second-order valence-electron chi connectivity index (χ2n) is 15.3. The molecule has 260 valence electrons. The van der Waals surface area contributed by atoms with E-state index in [2.05, 4.69) is 20.5 Å². The summed E-state index contributed by atoms with van der Waals surface area (Å²) in [5.74, 6) is 2.34. The lowest BCUT2D eigenvalue weighted by atomic mass is 9.85. The van der Waals surface area contributed by atoms with Crippen molar-refractivity contribution in [3.63, 3.8) is 0 Å². The Morgan fingerprint density at radius 1 is 0.870 bits per heavy atom. The number of nitrogens with one attached hydrogen (secondary N) is 2. The number of ether oxygens (including phenoxy) is 2. The number of piperazine rings is 1. The summed E-state index contributed by atoms with van der Waals surface area (Å²) < 4.78 is 11.7. The Labute approximate surface area is 276 Å². The number of hydrogen-bond donors (Lipinski definition) is 3. The van der Waals surface area contributed by atoms with Crippen molar-refractivity contribution in [3.8, 4) is 0 Å². The van der Waals surface area contributed by atoms with Crippen LogP contribution in [0, 0.1) is 5.92 Å². The topological polar surface area (TPSA) is 138 Å². The summed E-state index contributed by atoms with van der Waals surface area (Å²) in [6.45, 7) is 17.0. The van der Waals surface area contributed by atoms with Crippen molar-refractivity contribution in [2.45, 2.75) is 129 Å². The number of anilines is 3. The Morgan fingerprint density at radius 3 is 1.96 bits per heavy atom. The van der Waals surface area contributed by atoms with Gasteiger partial charge in [0.05, 0.1) is 0 Å². The number of aromatic nitrogens is 2. The van der Waals surface area contributed by atoms with Crippen LogP contribution in [-0.4, -0.2) is 101 Å². The van der Waals surface area contributed by atoms with Gasteiger partial charge in [0.2, 0.25) is 5.95 Å². The number of hydrogen-bond acceptors (Lipinski definition) is 10. The van der Waals surface area contributed by atoms with Gasteiger partial charge >= 0.3 is 12.2 Å². The molecule has 3 aliphatic rings. The largest absolute Gasteiger partial charge is 0.444 e. The molecule has 2 saturated carbocycles. The molecule has 4 rings (SSSR count). The molecular weight excluding hydrogens is 584 g/mol. The molecule has 12 nitrogen and oxygen atoms in total. The van der Waals surface area contributed by atoms with E-state index in [1.807, 2.05) is 57.4 Å². The molecule has 1 saturated heterocycles. The molecule has 46 heavy (non-hydrogen) atoms. The SMILES string of the molecule is CC(C)(C)OC(=O)N(CCCN(C(=O)OC(C)(C)C)[C@H]1CC[C@@H](CNc2nc(N)cc(N3CCNCC3)n2)CC1)C1CCCCC1. The minimum Gasteiger partial charge on any atom is -0.444 e. The summed E-state index contributed by atoms with van der Waals surface area (Å²) in [5, 5.41) is 6.81. The quantitative estimate of drug-likeness (QED) is 0.294. The summed E-state index contributed by atoms with van der Waals surface area (Å²) in [5.41, 5.74) is 5.00. The van der Waals surface area contributed by atoms with E-state index in [-0.39, 0.29) is 24.3 Å². The first-order valence-corrected chi connectivity index (χ1v) is 17.6. The Morgan fingerprint density at radius 2 is 1.41 bits per heavy atom. The van der Waals surface area contributed by atoms with E-state index in [9.17, 15) is 9.59 Å². The molecule has 2 amide bonds. The van der Waals surface area contributed by atoms with Crippen LogP contribution >= 0.6 is 0 Å². The molecule has 2 aliphatic carbocycles. The number of rotatable bonds is 10. The van der Waals surface area contributed by atoms with Gasteiger partial charge in [0.1, 0.15) is 22.8 Å². The van der Waals surface area contributed by atoms with Gasteiger partial charge in [0.25, 0.3) is 0 Å². The summed E-state index contributed by atoms with van der Waals surface area (Å²) in [6, 6.07) is 2.13. The monoisotopic (exact) mass is 644 g/mol. The number of nitrogens with two attached hydrogens (primary N) is 1. The van der Waals surface area contributed by atoms with E-state index in [4.69, 9.17) is 20.2 Å². The van der Waals surface area contributed by atoms with Crippen molar-refractivity contribution in [2.24, 2.45) is 5.92 Å². The third-order valence-electron chi connectivity index (χ3n) is 9.05. The molecule has 0 aromatic carbocycles. The van der Waals surface area contributed by atoms with Gasteiger partial charge in [0, 0.05) is 64.0 Å². The van der Waals surface area contributed by atoms with Gasteiger partial charge in [-0.1, -0.05) is 19.3 Å². The van der Waals surface area contributed by atoms with Gasteiger partial charge in [-0.2, -0.15) is 9.97 Å². The number of amides is 2. The van der Waals surface area contributed by atoms with E-state index in [0.29, 0.717) is 37.2 Å². The van der Waals surface area contributed by atoms with Crippen LogP contribution in [0.4, 0.5) is 27.2 Å². The van der Waals surface area contributed by atoms with Crippen LogP contribution in [-0.2, 0) is 9.47 Å². The predicted octanol–water partition coefficient (Wildman–Crippen LogP) is 5.64. The molecule has 0 spiro atoms. The average molecular weight is 645 g/mol. The minimum atomic E-state index is -0.581. The number of carbonyl (C=O) groups excluding carboxylic acids is 2. The maximum atomic E-state index is 13.5. The molecule has 4 N–H and O–H groups in total. The molecule has 0 unspecified atom stereocenters. The fourth-order valence-electron chi connectivity index (χ4n) is 6.77. The average Bonchev–Trinajstić information content (AvgIpc) is 2.99. The molecule has 12 heteroatoms. The lowest BCUT2D eigenvalue weighted by Gasteiger charge is -2.39. The molecule has 1 aromatic rings. The standard InChI is InChI=1S/C34H60N8O4/c1-33(2,3)45-31(43)41(26-11-8-7-9-12-26)19-10-20-42(32(44)46-34(4,5)6)27-15-13-25(14-16-27)24-37-30-38-28(35)23-29(39-30)40-21-17-36-18-22-40/h23,25-27,36H,7-22,24H2,1-6H3,(H3,35,37,38,39)/t25-,27+. The lowest BCUT2D eigenvalue weighted by molar-refractivity contribution is 0.00470. The summed E-state index contributed by atoms with van der Waals surface area (Å²) >= 11 is 0. The van der Waals surface area contributed by atoms with Crippen molar-refractivity contribution >= 4 is 29.8 Å². The van der Waals surface area contributed by atoms with Crippen LogP contribution < -0.4 is 21.3 Å². The van der Waals surface area contributed by atoms with Crippen molar-refractivity contribution in [1.29, 1.82) is 0 Å². The zero-order valence-corrected chi connectivity index (χ0v) is 29.3. The Kier molecular flexibility index (Phi) is 12.6. The highest BCUT2D eigenvalue weighted by Gasteiger charge is 2.33. The molecule has 0 radical (unpaired) electrons. The molecular formula is C34H60N8O4. The van der Waals surface area contributed by atoms with E-state index in [0.717, 1.165) is 89.9 Å². The zero-order valence-electron chi connectivity index (χ0n) is 29.3. The van der Waals surface area contributed by atoms with Crippen LogP contribution in [0.25, 0.3) is 0 Å². The first kappa shape index (κ1) is 35.8. The van der Waals surface area contributed by atoms with Crippen LogP contribution in [0.5, 0.6) is 0 Å². The minimum absolute atomic E-state index is 0.0960. The van der Waals surface area contributed by atoms with E-state index in [1.165, 1.54) is 6.42 Å². The highest BCUT2D eigenvalue weighted by atomic mass is 16.6. The van der Waals surface area contributed by atoms with Crippen molar-refractivity contribution in [2.75, 3.05) is 61.8 Å². The van der Waals surface area contributed by atoms with Gasteiger partial charge < -0.3 is 40.5 Å². The van der Waals surface area contributed by atoms with E-state index < -0.39 is 11.2 Å². The van der Waals surface area contributed by atoms with Crippen molar-refractivity contribution < 1.29 is 19.1 Å². The maximum absolute atomic E-state index is 13.5. The molecule has 2 heterocycles. The van der Waals surface area contributed by atoms with E-state index >= 15 is 0 Å². The molecule has 1 aromatic heterocycles. The zero-order chi connectivity index (χ0) is 33.3. The van der Waals surface area contributed by atoms with Crippen molar-refractivity contribution in [3.05, 3.63) is 6.07 Å². The highest BCUT2D eigenvalue weighted by molar-refractivity contribution is 5.69. The number of carbonyl (C=O) groups is 2. The van der Waals surface area contributed by atoms with Gasteiger partial charge in [-0.25, -0.2) is 9.59 Å². The van der Waals surface area contributed by atoms with Gasteiger partial charge in [0.15, 0.2) is 0 Å². The van der Waals surface area contributed by atoms with Gasteiger partial charge in [-0.15, -0.1) is 0 Å². The van der Waals surface area contributed by atoms with Gasteiger partial charge in [-0.05, 0) is 92.4 Å². The van der Waals surface area contributed by atoms with Gasteiger partial charge in [-0.3, -0.25) is 0 Å². The lowest BCUT2D eigenvalue weighted by Crippen LogP contribution is -2.48. The molecule has 1 aliphatic heterocycles. The third kappa shape index (κ3) is 11.3. The van der Waals surface area contributed by atoms with Crippen molar-refractivity contribution in [1.82, 2.24) is 25.1 Å². The van der Waals surface area contributed by atoms with Crippen LogP contribution in [0.3, 0.4) is 0 Å². The highest BCUT2D eigenvalue weighted by Crippen LogP contribution is 2.30. The Hall–Kier alpha value is -3.02. The molecule has 3 fully saturated rings. The third-order valence-corrected chi connectivity index (χ3v) is 9.05. The smallest absolute Gasteiger partial charge is 0.410 e. The number of nitrogen functional groups attached to an aromatic ring is 1. The first-order chi connectivity index (χ1) is 21.8. The van der Waals surface area contributed by atoms with Crippen LogP contribution in [0.1, 0.15) is 106 Å². The summed E-state index contributed by atoms with van der Waals surface area (Å²) in [4.78, 5) is 42.0. The second kappa shape index (κ2) is 16.2. The van der Waals surface area contributed by atoms with Crippen LogP contribution in [0.15, 0.2) is 6.07 Å². The summed E-state index contributed by atoms with van der Waals surface area (Å²) in [7, 11) is 0. The second-order valence-corrected chi connectivity index (χ2v) is 15.3. The Bertz CT molecular complexity index is 1120. The molecule has 0 bridgehead atoms. The molecule has 0 atom stereocenters. The fourth-order valence-corrected chi connectivity index (χ4v) is 6.77. The first-order valence-electron chi connectivity index (χ1n) is 17.6. The fraction of sp³-hybridized carbons (Fsp3) is 0.824. The van der Waals surface area contributed by atoms with E-state index in [1.54, 1.807) is 0 Å². The predicted molar refractivity (Wildman–Crippen MR) is 183 cm³/mol.